The molecule has 2 N–H and O–H groups in total. The van der Waals surface area contributed by atoms with Crippen LogP contribution < -0.4 is 10.6 Å². The van der Waals surface area contributed by atoms with Crippen molar-refractivity contribution in [3.05, 3.63) is 71.1 Å². The van der Waals surface area contributed by atoms with Crippen LogP contribution in [0.15, 0.2) is 64.1 Å². The Labute approximate surface area is 181 Å². The molecule has 2 aromatic carbocycles. The molecule has 0 amide bonds. The molecule has 0 aliphatic heterocycles. The average Bonchev–Trinajstić information content (AvgIpc) is 3.25. The Morgan fingerprint density at radius 2 is 2.00 bits per heavy atom. The fourth-order valence-electron chi connectivity index (χ4n) is 2.81. The minimum Gasteiger partial charge on any atom is -0.374 e. The summed E-state index contributed by atoms with van der Waals surface area (Å²) in [5.74, 6) is 1.63. The number of aromatic nitrogens is 2. The molecular weight excluding hydrogens is 402 g/mol. The van der Waals surface area contributed by atoms with Gasteiger partial charge in [0.25, 0.3) is 0 Å². The van der Waals surface area contributed by atoms with Crippen LogP contribution in [0.25, 0.3) is 11.4 Å². The predicted molar refractivity (Wildman–Crippen MR) is 118 cm³/mol. The molecule has 0 radical (unpaired) electrons. The van der Waals surface area contributed by atoms with E-state index in [0.29, 0.717) is 35.8 Å². The Balaban J connectivity index is 1.37. The molecule has 1 atom stereocenters. The smallest absolute Gasteiger partial charge is 0.246 e. The van der Waals surface area contributed by atoms with Gasteiger partial charge in [0.05, 0.1) is 12.6 Å². The van der Waals surface area contributed by atoms with Crippen LogP contribution in [0.3, 0.4) is 0 Å². The van der Waals surface area contributed by atoms with Crippen LogP contribution in [-0.4, -0.2) is 36.3 Å². The number of hydrogen-bond acceptors (Lipinski definition) is 5. The molecule has 1 unspecified atom stereocenters. The fourth-order valence-corrected chi connectivity index (χ4v) is 3.00. The summed E-state index contributed by atoms with van der Waals surface area (Å²) >= 11 is 6.01. The monoisotopic (exact) mass is 427 g/mol. The lowest BCUT2D eigenvalue weighted by atomic mass is 10.1. The molecule has 7 nitrogen and oxygen atoms in total. The number of benzene rings is 2. The number of guanidine groups is 1. The second kappa shape index (κ2) is 11.3. The van der Waals surface area contributed by atoms with Crippen molar-refractivity contribution in [3.63, 3.8) is 0 Å². The van der Waals surface area contributed by atoms with Crippen molar-refractivity contribution in [1.29, 1.82) is 0 Å². The maximum atomic E-state index is 6.01. The Morgan fingerprint density at radius 3 is 2.77 bits per heavy atom. The second-order valence-electron chi connectivity index (χ2n) is 6.65. The molecule has 0 saturated heterocycles. The van der Waals surface area contributed by atoms with E-state index in [-0.39, 0.29) is 6.10 Å². The molecule has 0 fully saturated rings. The molecule has 0 aliphatic carbocycles. The Morgan fingerprint density at radius 1 is 1.17 bits per heavy atom. The van der Waals surface area contributed by atoms with Gasteiger partial charge in [0.2, 0.25) is 11.7 Å². The number of rotatable bonds is 9. The summed E-state index contributed by atoms with van der Waals surface area (Å²) in [6.07, 6.45) is 0.937. The summed E-state index contributed by atoms with van der Waals surface area (Å²) in [6.45, 7) is 3.82. The second-order valence-corrected chi connectivity index (χ2v) is 7.09. The topological polar surface area (TPSA) is 84.6 Å². The third-order valence-electron chi connectivity index (χ3n) is 4.43. The standard InChI is InChI=1S/C22H26ClN5O2/c1-16(17-8-4-3-5-9-17)29-13-7-12-25-22(24-2)26-15-20-27-21(28-30-20)18-10-6-11-19(23)14-18/h3-6,8-11,14,16H,7,12-13,15H2,1-2H3,(H2,24,25,26). The van der Waals surface area contributed by atoms with Crippen LogP contribution in [0.5, 0.6) is 0 Å². The van der Waals surface area contributed by atoms with Gasteiger partial charge in [-0.2, -0.15) is 4.98 Å². The fraction of sp³-hybridized carbons (Fsp3) is 0.318. The minimum absolute atomic E-state index is 0.0786. The lowest BCUT2D eigenvalue weighted by Gasteiger charge is -2.14. The molecule has 0 bridgehead atoms. The van der Waals surface area contributed by atoms with Gasteiger partial charge in [-0.3, -0.25) is 4.99 Å². The van der Waals surface area contributed by atoms with E-state index in [1.807, 2.05) is 30.3 Å². The number of hydrogen-bond donors (Lipinski definition) is 2. The summed E-state index contributed by atoms with van der Waals surface area (Å²) in [7, 11) is 1.72. The molecule has 158 valence electrons. The normalized spacial score (nSPS) is 12.6. The Bertz CT molecular complexity index is 945. The largest absolute Gasteiger partial charge is 0.374 e. The summed E-state index contributed by atoms with van der Waals surface area (Å²) in [6, 6.07) is 17.5. The first-order valence-electron chi connectivity index (χ1n) is 9.85. The molecule has 0 saturated carbocycles. The van der Waals surface area contributed by atoms with Crippen LogP contribution in [0.1, 0.15) is 30.9 Å². The van der Waals surface area contributed by atoms with Gasteiger partial charge in [-0.05, 0) is 31.0 Å². The quantitative estimate of drug-likeness (QED) is 0.302. The predicted octanol–water partition coefficient (Wildman–Crippen LogP) is 4.22. The van der Waals surface area contributed by atoms with Crippen molar-refractivity contribution in [2.24, 2.45) is 4.99 Å². The van der Waals surface area contributed by atoms with E-state index in [0.717, 1.165) is 18.5 Å². The van der Waals surface area contributed by atoms with Crippen molar-refractivity contribution < 1.29 is 9.26 Å². The zero-order chi connectivity index (χ0) is 21.2. The third-order valence-corrected chi connectivity index (χ3v) is 4.67. The lowest BCUT2D eigenvalue weighted by molar-refractivity contribution is 0.0646. The molecular formula is C22H26ClN5O2. The molecule has 0 spiro atoms. The number of nitrogens with zero attached hydrogens (tertiary/aromatic N) is 3. The zero-order valence-corrected chi connectivity index (χ0v) is 17.9. The SMILES string of the molecule is CN=C(NCCCOC(C)c1ccccc1)NCc1nc(-c2cccc(Cl)c2)no1. The van der Waals surface area contributed by atoms with Gasteiger partial charge in [0.15, 0.2) is 5.96 Å². The molecule has 3 rings (SSSR count). The van der Waals surface area contributed by atoms with Crippen molar-refractivity contribution >= 4 is 17.6 Å². The molecule has 8 heteroatoms. The first-order valence-corrected chi connectivity index (χ1v) is 10.2. The average molecular weight is 428 g/mol. The van der Waals surface area contributed by atoms with Gasteiger partial charge in [0.1, 0.15) is 0 Å². The number of halogens is 1. The van der Waals surface area contributed by atoms with Crippen LogP contribution in [0.4, 0.5) is 0 Å². The van der Waals surface area contributed by atoms with Crippen molar-refractivity contribution in [2.45, 2.75) is 26.0 Å². The van der Waals surface area contributed by atoms with Crippen LogP contribution >= 0.6 is 11.6 Å². The number of aliphatic imine (C=N–C) groups is 1. The molecule has 3 aromatic rings. The van der Waals surface area contributed by atoms with Crippen LogP contribution in [-0.2, 0) is 11.3 Å². The summed E-state index contributed by atoms with van der Waals surface area (Å²) in [5, 5.41) is 11.0. The van der Waals surface area contributed by atoms with Crippen LogP contribution in [0.2, 0.25) is 5.02 Å². The van der Waals surface area contributed by atoms with E-state index >= 15 is 0 Å². The van der Waals surface area contributed by atoms with E-state index in [1.165, 1.54) is 5.56 Å². The molecule has 0 aliphatic rings. The van der Waals surface area contributed by atoms with E-state index in [4.69, 9.17) is 20.9 Å². The zero-order valence-electron chi connectivity index (χ0n) is 17.1. The van der Waals surface area contributed by atoms with Crippen LogP contribution in [0, 0.1) is 0 Å². The Hall–Kier alpha value is -2.90. The highest BCUT2D eigenvalue weighted by molar-refractivity contribution is 6.30. The molecule has 1 aromatic heterocycles. The van der Waals surface area contributed by atoms with Gasteiger partial charge >= 0.3 is 0 Å². The maximum absolute atomic E-state index is 6.01. The lowest BCUT2D eigenvalue weighted by Crippen LogP contribution is -2.37. The highest BCUT2D eigenvalue weighted by Gasteiger charge is 2.10. The van der Waals surface area contributed by atoms with E-state index in [2.05, 4.69) is 44.8 Å². The number of ether oxygens (including phenoxy) is 1. The first-order chi connectivity index (χ1) is 14.7. The third kappa shape index (κ3) is 6.57. The highest BCUT2D eigenvalue weighted by Crippen LogP contribution is 2.20. The van der Waals surface area contributed by atoms with E-state index < -0.39 is 0 Å². The summed E-state index contributed by atoms with van der Waals surface area (Å²) in [4.78, 5) is 8.59. The first kappa shape index (κ1) is 21.8. The summed E-state index contributed by atoms with van der Waals surface area (Å²) < 4.78 is 11.2. The molecule has 1 heterocycles. The van der Waals surface area contributed by atoms with E-state index in [1.54, 1.807) is 19.2 Å². The molecule has 30 heavy (non-hydrogen) atoms. The van der Waals surface area contributed by atoms with Gasteiger partial charge in [0, 0.05) is 30.8 Å². The van der Waals surface area contributed by atoms with Crippen molar-refractivity contribution in [3.8, 4) is 11.4 Å². The van der Waals surface area contributed by atoms with Crippen molar-refractivity contribution in [1.82, 2.24) is 20.8 Å². The highest BCUT2D eigenvalue weighted by atomic mass is 35.5. The maximum Gasteiger partial charge on any atom is 0.246 e. The van der Waals surface area contributed by atoms with Gasteiger partial charge in [-0.1, -0.05) is 59.2 Å². The minimum atomic E-state index is 0.0786. The van der Waals surface area contributed by atoms with Crippen molar-refractivity contribution in [2.75, 3.05) is 20.2 Å². The van der Waals surface area contributed by atoms with Gasteiger partial charge < -0.3 is 19.9 Å². The Kier molecular flexibility index (Phi) is 8.23. The van der Waals surface area contributed by atoms with Gasteiger partial charge in [-0.15, -0.1) is 0 Å². The number of nitrogens with one attached hydrogen (secondary N) is 2. The summed E-state index contributed by atoms with van der Waals surface area (Å²) in [5.41, 5.74) is 1.99. The van der Waals surface area contributed by atoms with Gasteiger partial charge in [-0.25, -0.2) is 0 Å². The van der Waals surface area contributed by atoms with E-state index in [9.17, 15) is 0 Å².